The first kappa shape index (κ1) is 12.7. The number of imidazole rings is 1. The van der Waals surface area contributed by atoms with Crippen molar-refractivity contribution in [1.29, 1.82) is 0 Å². The van der Waals surface area contributed by atoms with Crippen molar-refractivity contribution >= 4 is 17.3 Å². The molecular formula is C14H12N2O3S. The van der Waals surface area contributed by atoms with E-state index in [-0.39, 0.29) is 5.76 Å². The first-order valence-corrected chi connectivity index (χ1v) is 6.88. The average molecular weight is 288 g/mol. The van der Waals surface area contributed by atoms with E-state index in [2.05, 4.69) is 9.72 Å². The molecule has 3 aromatic heterocycles. The molecule has 0 bridgehead atoms. The fourth-order valence-corrected chi connectivity index (χ4v) is 2.65. The maximum absolute atomic E-state index is 11.3. The molecule has 0 saturated carbocycles. The van der Waals surface area contributed by atoms with E-state index in [9.17, 15) is 4.79 Å². The van der Waals surface area contributed by atoms with E-state index < -0.39 is 5.97 Å². The van der Waals surface area contributed by atoms with Gasteiger partial charge in [0.25, 0.3) is 0 Å². The molecule has 0 aliphatic rings. The number of esters is 1. The Morgan fingerprint density at radius 3 is 3.10 bits per heavy atom. The Bertz CT molecular complexity index is 712. The van der Waals surface area contributed by atoms with Crippen LogP contribution in [0.4, 0.5) is 0 Å². The number of aromatic nitrogens is 2. The summed E-state index contributed by atoms with van der Waals surface area (Å²) in [5.41, 5.74) is 0. The second-order valence-corrected chi connectivity index (χ2v) is 5.06. The number of furan rings is 1. The molecule has 0 aromatic carbocycles. The Balaban J connectivity index is 1.84. The zero-order valence-electron chi connectivity index (χ0n) is 10.8. The molecule has 102 valence electrons. The van der Waals surface area contributed by atoms with Crippen LogP contribution >= 0.6 is 11.3 Å². The summed E-state index contributed by atoms with van der Waals surface area (Å²) in [5.74, 6) is 1.30. The molecular weight excluding hydrogens is 276 g/mol. The van der Waals surface area contributed by atoms with Gasteiger partial charge in [-0.05, 0) is 23.6 Å². The normalized spacial score (nSPS) is 10.7. The molecule has 0 fully saturated rings. The van der Waals surface area contributed by atoms with Crippen LogP contribution < -0.4 is 0 Å². The van der Waals surface area contributed by atoms with E-state index in [1.54, 1.807) is 29.7 Å². The summed E-state index contributed by atoms with van der Waals surface area (Å²) in [6.07, 6.45) is 3.63. The van der Waals surface area contributed by atoms with Crippen LogP contribution in [0.1, 0.15) is 16.3 Å². The predicted octanol–water partition coefficient (Wildman–Crippen LogP) is 3.04. The van der Waals surface area contributed by atoms with Crippen LogP contribution in [0, 0.1) is 0 Å². The number of thiophene rings is 1. The highest BCUT2D eigenvalue weighted by Gasteiger charge is 2.13. The molecule has 6 heteroatoms. The molecule has 0 N–H and O–H groups in total. The first-order chi connectivity index (χ1) is 9.78. The van der Waals surface area contributed by atoms with E-state index in [0.717, 1.165) is 10.7 Å². The van der Waals surface area contributed by atoms with Crippen LogP contribution in [-0.2, 0) is 11.3 Å². The summed E-state index contributed by atoms with van der Waals surface area (Å²) in [5, 5.41) is 2.01. The van der Waals surface area contributed by atoms with Gasteiger partial charge in [0, 0.05) is 12.4 Å². The van der Waals surface area contributed by atoms with Crippen LogP contribution in [0.5, 0.6) is 0 Å². The smallest absolute Gasteiger partial charge is 0.373 e. The Kier molecular flexibility index (Phi) is 3.39. The molecule has 0 spiro atoms. The van der Waals surface area contributed by atoms with Gasteiger partial charge in [0.1, 0.15) is 11.6 Å². The van der Waals surface area contributed by atoms with Crippen molar-refractivity contribution in [3.63, 3.8) is 0 Å². The molecule has 0 atom stereocenters. The lowest BCUT2D eigenvalue weighted by atomic mass is 10.4. The maximum atomic E-state index is 11.3. The topological polar surface area (TPSA) is 57.3 Å². The third-order valence-electron chi connectivity index (χ3n) is 2.83. The predicted molar refractivity (Wildman–Crippen MR) is 74.7 cm³/mol. The summed E-state index contributed by atoms with van der Waals surface area (Å²) in [6.45, 7) is 0.518. The van der Waals surface area contributed by atoms with Crippen LogP contribution in [0.3, 0.4) is 0 Å². The van der Waals surface area contributed by atoms with E-state index in [1.807, 2.05) is 28.3 Å². The lowest BCUT2D eigenvalue weighted by molar-refractivity contribution is 0.0563. The molecule has 3 heterocycles. The Morgan fingerprint density at radius 2 is 2.35 bits per heavy atom. The average Bonchev–Trinajstić information content (AvgIpc) is 3.18. The maximum Gasteiger partial charge on any atom is 0.373 e. The summed E-state index contributed by atoms with van der Waals surface area (Å²) in [4.78, 5) is 16.8. The van der Waals surface area contributed by atoms with Crippen molar-refractivity contribution in [3.05, 3.63) is 53.6 Å². The summed E-state index contributed by atoms with van der Waals surface area (Å²) in [7, 11) is 1.33. The van der Waals surface area contributed by atoms with Crippen LogP contribution in [0.15, 0.2) is 46.5 Å². The molecule has 0 unspecified atom stereocenters. The lowest BCUT2D eigenvalue weighted by Crippen LogP contribution is -2.00. The van der Waals surface area contributed by atoms with Gasteiger partial charge in [-0.25, -0.2) is 9.78 Å². The number of ether oxygens (including phenoxy) is 1. The van der Waals surface area contributed by atoms with Crippen molar-refractivity contribution in [2.45, 2.75) is 6.54 Å². The Hall–Kier alpha value is -2.34. The van der Waals surface area contributed by atoms with Gasteiger partial charge >= 0.3 is 5.97 Å². The van der Waals surface area contributed by atoms with Crippen LogP contribution in [-0.4, -0.2) is 22.6 Å². The third-order valence-corrected chi connectivity index (χ3v) is 3.70. The molecule has 5 nitrogen and oxygen atoms in total. The number of hydrogen-bond acceptors (Lipinski definition) is 5. The van der Waals surface area contributed by atoms with Gasteiger partial charge in [0.2, 0.25) is 5.76 Å². The lowest BCUT2D eigenvalue weighted by Gasteiger charge is -2.04. The minimum absolute atomic E-state index is 0.209. The molecule has 3 rings (SSSR count). The largest absolute Gasteiger partial charge is 0.463 e. The van der Waals surface area contributed by atoms with Gasteiger partial charge in [-0.1, -0.05) is 6.07 Å². The van der Waals surface area contributed by atoms with Gasteiger partial charge in [0.05, 0.1) is 18.5 Å². The Morgan fingerprint density at radius 1 is 1.45 bits per heavy atom. The van der Waals surface area contributed by atoms with Crippen molar-refractivity contribution in [1.82, 2.24) is 9.55 Å². The van der Waals surface area contributed by atoms with Gasteiger partial charge in [0.15, 0.2) is 0 Å². The molecule has 20 heavy (non-hydrogen) atoms. The van der Waals surface area contributed by atoms with Crippen molar-refractivity contribution < 1.29 is 13.9 Å². The standard InChI is InChI=1S/C14H12N2O3S/c1-18-14(17)11-5-4-10(19-11)9-16-7-6-15-13(16)12-3-2-8-20-12/h2-8H,9H2,1H3. The van der Waals surface area contributed by atoms with Crippen molar-refractivity contribution in [2.24, 2.45) is 0 Å². The van der Waals surface area contributed by atoms with Crippen molar-refractivity contribution in [3.8, 4) is 10.7 Å². The van der Waals surface area contributed by atoms with Crippen molar-refractivity contribution in [2.75, 3.05) is 7.11 Å². The van der Waals surface area contributed by atoms with E-state index in [0.29, 0.717) is 12.3 Å². The number of nitrogens with zero attached hydrogens (tertiary/aromatic N) is 2. The minimum atomic E-state index is -0.472. The van der Waals surface area contributed by atoms with E-state index >= 15 is 0 Å². The fourth-order valence-electron chi connectivity index (χ4n) is 1.91. The number of rotatable bonds is 4. The number of methoxy groups -OCH3 is 1. The second kappa shape index (κ2) is 5.34. The highest BCUT2D eigenvalue weighted by molar-refractivity contribution is 7.13. The van der Waals surface area contributed by atoms with Gasteiger partial charge in [-0.2, -0.15) is 0 Å². The number of carbonyl (C=O) groups is 1. The van der Waals surface area contributed by atoms with Gasteiger partial charge in [-0.3, -0.25) is 0 Å². The first-order valence-electron chi connectivity index (χ1n) is 6.00. The highest BCUT2D eigenvalue weighted by atomic mass is 32.1. The van der Waals surface area contributed by atoms with Crippen LogP contribution in [0.2, 0.25) is 0 Å². The van der Waals surface area contributed by atoms with Gasteiger partial charge in [-0.15, -0.1) is 11.3 Å². The zero-order chi connectivity index (χ0) is 13.9. The summed E-state index contributed by atoms with van der Waals surface area (Å²) in [6, 6.07) is 7.39. The third kappa shape index (κ3) is 2.37. The van der Waals surface area contributed by atoms with Crippen LogP contribution in [0.25, 0.3) is 10.7 Å². The molecule has 0 aliphatic heterocycles. The number of carbonyl (C=O) groups excluding carboxylic acids is 1. The van der Waals surface area contributed by atoms with Gasteiger partial charge < -0.3 is 13.7 Å². The van der Waals surface area contributed by atoms with E-state index in [1.165, 1.54) is 7.11 Å². The fraction of sp³-hybridized carbons (Fsp3) is 0.143. The van der Waals surface area contributed by atoms with E-state index in [4.69, 9.17) is 4.42 Å². The molecule has 0 saturated heterocycles. The Labute approximate surface area is 119 Å². The molecule has 0 amide bonds. The highest BCUT2D eigenvalue weighted by Crippen LogP contribution is 2.23. The summed E-state index contributed by atoms with van der Waals surface area (Å²) >= 11 is 1.63. The minimum Gasteiger partial charge on any atom is -0.463 e. The quantitative estimate of drug-likeness (QED) is 0.692. The second-order valence-electron chi connectivity index (χ2n) is 4.11. The molecule has 0 aliphatic carbocycles. The zero-order valence-corrected chi connectivity index (χ0v) is 11.6. The number of hydrogen-bond donors (Lipinski definition) is 0. The monoisotopic (exact) mass is 288 g/mol. The SMILES string of the molecule is COC(=O)c1ccc(Cn2ccnc2-c2cccs2)o1. The molecule has 3 aromatic rings. The molecule has 0 radical (unpaired) electrons. The summed E-state index contributed by atoms with van der Waals surface area (Å²) < 4.78 is 12.1.